The normalized spacial score (nSPS) is 22.6. The van der Waals surface area contributed by atoms with E-state index >= 15 is 0 Å². The van der Waals surface area contributed by atoms with Gasteiger partial charge in [0.25, 0.3) is 0 Å². The molecule has 1 aliphatic carbocycles. The highest BCUT2D eigenvalue weighted by atomic mass is 16.2. The average Bonchev–Trinajstić information content (AvgIpc) is 2.69. The molecule has 1 amide bonds. The topological polar surface area (TPSA) is 46.3 Å². The Morgan fingerprint density at radius 2 is 2.05 bits per heavy atom. The summed E-state index contributed by atoms with van der Waals surface area (Å²) < 4.78 is 0. The van der Waals surface area contributed by atoms with E-state index in [1.165, 1.54) is 17.5 Å². The van der Waals surface area contributed by atoms with Crippen molar-refractivity contribution in [1.82, 2.24) is 4.90 Å². The molecule has 116 valence electrons. The number of aryl methyl sites for hydroxylation is 1. The predicted octanol–water partition coefficient (Wildman–Crippen LogP) is 3.25. The Labute approximate surface area is 128 Å². The molecule has 2 unspecified atom stereocenters. The number of hydrogen-bond acceptors (Lipinski definition) is 2. The van der Waals surface area contributed by atoms with Gasteiger partial charge in [-0.3, -0.25) is 4.79 Å². The van der Waals surface area contributed by atoms with Crippen LogP contribution in [0.5, 0.6) is 0 Å². The Bertz CT molecular complexity index is 472. The number of carbonyl (C=O) groups is 1. The third-order valence-electron chi connectivity index (χ3n) is 4.54. The summed E-state index contributed by atoms with van der Waals surface area (Å²) in [5, 5.41) is 0. The first-order valence-corrected chi connectivity index (χ1v) is 8.21. The van der Waals surface area contributed by atoms with Crippen LogP contribution < -0.4 is 5.73 Å². The van der Waals surface area contributed by atoms with Crippen LogP contribution in [0.4, 0.5) is 0 Å². The van der Waals surface area contributed by atoms with E-state index < -0.39 is 0 Å². The first-order chi connectivity index (χ1) is 10.1. The summed E-state index contributed by atoms with van der Waals surface area (Å²) in [4.78, 5) is 14.8. The number of carbonyl (C=O) groups excluding carboxylic acids is 1. The minimum absolute atomic E-state index is 0.0114. The second kappa shape index (κ2) is 7.60. The maximum absolute atomic E-state index is 12.8. The summed E-state index contributed by atoms with van der Waals surface area (Å²) in [6.45, 7) is 5.58. The van der Waals surface area contributed by atoms with E-state index in [1.54, 1.807) is 0 Å². The number of amides is 1. The van der Waals surface area contributed by atoms with Crippen molar-refractivity contribution in [1.29, 1.82) is 0 Å². The molecule has 1 saturated carbocycles. The van der Waals surface area contributed by atoms with E-state index in [9.17, 15) is 4.79 Å². The Morgan fingerprint density at radius 3 is 2.76 bits per heavy atom. The Kier molecular flexibility index (Phi) is 5.80. The van der Waals surface area contributed by atoms with Crippen LogP contribution in [0, 0.1) is 12.8 Å². The Balaban J connectivity index is 2.07. The van der Waals surface area contributed by atoms with E-state index in [4.69, 9.17) is 5.73 Å². The van der Waals surface area contributed by atoms with Crippen LogP contribution in [-0.4, -0.2) is 23.4 Å². The molecule has 0 radical (unpaired) electrons. The van der Waals surface area contributed by atoms with Crippen LogP contribution in [0.1, 0.15) is 50.2 Å². The second-order valence-corrected chi connectivity index (χ2v) is 6.25. The molecular weight excluding hydrogens is 260 g/mol. The standard InChI is InChI=1S/C18H28N2O/c1-3-20(13-15-9-7-8-14(2)12-15)18(21)16-10-5-4-6-11-17(16)19/h7-9,12,16-17H,3-6,10-11,13,19H2,1-2H3. The molecule has 1 aliphatic rings. The summed E-state index contributed by atoms with van der Waals surface area (Å²) in [7, 11) is 0. The first-order valence-electron chi connectivity index (χ1n) is 8.21. The van der Waals surface area contributed by atoms with Gasteiger partial charge >= 0.3 is 0 Å². The SMILES string of the molecule is CCN(Cc1cccc(C)c1)C(=O)C1CCCCCC1N. The van der Waals surface area contributed by atoms with Gasteiger partial charge in [-0.2, -0.15) is 0 Å². The number of hydrogen-bond donors (Lipinski definition) is 1. The van der Waals surface area contributed by atoms with Crippen LogP contribution in [0.15, 0.2) is 24.3 Å². The van der Waals surface area contributed by atoms with Crippen molar-refractivity contribution in [2.75, 3.05) is 6.54 Å². The van der Waals surface area contributed by atoms with Gasteiger partial charge in [0.2, 0.25) is 5.91 Å². The molecule has 2 N–H and O–H groups in total. The zero-order chi connectivity index (χ0) is 15.2. The summed E-state index contributed by atoms with van der Waals surface area (Å²) in [5.74, 6) is 0.255. The van der Waals surface area contributed by atoms with Gasteiger partial charge < -0.3 is 10.6 Å². The summed E-state index contributed by atoms with van der Waals surface area (Å²) in [6.07, 6.45) is 5.44. The second-order valence-electron chi connectivity index (χ2n) is 6.25. The average molecular weight is 288 g/mol. The molecule has 0 bridgehead atoms. The number of nitrogens with two attached hydrogens (primary N) is 1. The van der Waals surface area contributed by atoms with E-state index in [-0.39, 0.29) is 17.9 Å². The molecule has 21 heavy (non-hydrogen) atoms. The van der Waals surface area contributed by atoms with Gasteiger partial charge in [0.15, 0.2) is 0 Å². The highest BCUT2D eigenvalue weighted by Gasteiger charge is 2.30. The van der Waals surface area contributed by atoms with Gasteiger partial charge in [0.1, 0.15) is 0 Å². The number of benzene rings is 1. The van der Waals surface area contributed by atoms with Gasteiger partial charge in [0.05, 0.1) is 5.92 Å². The van der Waals surface area contributed by atoms with Gasteiger partial charge in [-0.05, 0) is 32.3 Å². The summed E-state index contributed by atoms with van der Waals surface area (Å²) >= 11 is 0. The van der Waals surface area contributed by atoms with Crippen LogP contribution in [0.2, 0.25) is 0 Å². The molecule has 3 nitrogen and oxygen atoms in total. The predicted molar refractivity (Wildman–Crippen MR) is 86.8 cm³/mol. The van der Waals surface area contributed by atoms with Crippen molar-refractivity contribution in [3.05, 3.63) is 35.4 Å². The van der Waals surface area contributed by atoms with E-state index in [0.29, 0.717) is 6.54 Å². The summed E-state index contributed by atoms with van der Waals surface area (Å²) in [6, 6.07) is 8.42. The third-order valence-corrected chi connectivity index (χ3v) is 4.54. The first kappa shape index (κ1) is 16.0. The minimum atomic E-state index is 0.0114. The van der Waals surface area contributed by atoms with Crippen LogP contribution in [0.3, 0.4) is 0 Å². The van der Waals surface area contributed by atoms with Gasteiger partial charge in [0, 0.05) is 19.1 Å². The third kappa shape index (κ3) is 4.31. The van der Waals surface area contributed by atoms with Crippen molar-refractivity contribution in [2.24, 2.45) is 11.7 Å². The Hall–Kier alpha value is -1.35. The highest BCUT2D eigenvalue weighted by molar-refractivity contribution is 5.79. The number of rotatable bonds is 4. The van der Waals surface area contributed by atoms with Crippen molar-refractivity contribution >= 4 is 5.91 Å². The molecule has 0 aromatic heterocycles. The fourth-order valence-electron chi connectivity index (χ4n) is 3.25. The maximum Gasteiger partial charge on any atom is 0.227 e. The van der Waals surface area contributed by atoms with Crippen molar-refractivity contribution in [3.63, 3.8) is 0 Å². The fourth-order valence-corrected chi connectivity index (χ4v) is 3.25. The Morgan fingerprint density at radius 1 is 1.29 bits per heavy atom. The van der Waals surface area contributed by atoms with E-state index in [2.05, 4.69) is 38.1 Å². The quantitative estimate of drug-likeness (QED) is 0.864. The van der Waals surface area contributed by atoms with Gasteiger partial charge in [-0.15, -0.1) is 0 Å². The lowest BCUT2D eigenvalue weighted by Gasteiger charge is -2.29. The summed E-state index contributed by atoms with van der Waals surface area (Å²) in [5.41, 5.74) is 8.68. The molecule has 2 rings (SSSR count). The minimum Gasteiger partial charge on any atom is -0.338 e. The van der Waals surface area contributed by atoms with Gasteiger partial charge in [-0.25, -0.2) is 0 Å². The number of nitrogens with zero attached hydrogens (tertiary/aromatic N) is 1. The van der Waals surface area contributed by atoms with Crippen molar-refractivity contribution < 1.29 is 4.79 Å². The van der Waals surface area contributed by atoms with E-state index in [1.807, 2.05) is 4.90 Å². The fraction of sp³-hybridized carbons (Fsp3) is 0.611. The van der Waals surface area contributed by atoms with Crippen LogP contribution in [0.25, 0.3) is 0 Å². The molecule has 1 aromatic rings. The molecule has 3 heteroatoms. The lowest BCUT2D eigenvalue weighted by Crippen LogP contribution is -2.43. The van der Waals surface area contributed by atoms with Gasteiger partial charge in [-0.1, -0.05) is 49.1 Å². The smallest absolute Gasteiger partial charge is 0.227 e. The molecule has 2 atom stereocenters. The highest BCUT2D eigenvalue weighted by Crippen LogP contribution is 2.24. The largest absolute Gasteiger partial charge is 0.338 e. The molecule has 0 heterocycles. The molecule has 1 fully saturated rings. The zero-order valence-corrected chi connectivity index (χ0v) is 13.3. The zero-order valence-electron chi connectivity index (χ0n) is 13.3. The maximum atomic E-state index is 12.8. The lowest BCUT2D eigenvalue weighted by molar-refractivity contribution is -0.136. The van der Waals surface area contributed by atoms with Crippen molar-refractivity contribution in [2.45, 2.75) is 58.5 Å². The van der Waals surface area contributed by atoms with Crippen molar-refractivity contribution in [3.8, 4) is 0 Å². The molecule has 1 aromatic carbocycles. The monoisotopic (exact) mass is 288 g/mol. The molecule has 0 spiro atoms. The molecule has 0 aliphatic heterocycles. The van der Waals surface area contributed by atoms with Crippen LogP contribution >= 0.6 is 0 Å². The molecule has 0 saturated heterocycles. The molecular formula is C18H28N2O. The van der Waals surface area contributed by atoms with E-state index in [0.717, 1.165) is 32.2 Å². The van der Waals surface area contributed by atoms with Crippen LogP contribution in [-0.2, 0) is 11.3 Å². The lowest BCUT2D eigenvalue weighted by atomic mass is 9.93.